The molecule has 0 saturated heterocycles. The van der Waals surface area contributed by atoms with E-state index in [-0.39, 0.29) is 25.8 Å². The van der Waals surface area contributed by atoms with Crippen molar-refractivity contribution in [1.82, 2.24) is 15.0 Å². The fourth-order valence-electron chi connectivity index (χ4n) is 6.55. The van der Waals surface area contributed by atoms with Gasteiger partial charge >= 0.3 is 0 Å². The second kappa shape index (κ2) is 15.4. The minimum atomic E-state index is -2.29. The van der Waals surface area contributed by atoms with E-state index >= 15 is 0 Å². The van der Waals surface area contributed by atoms with Crippen LogP contribution in [-0.2, 0) is 26.5 Å². The molecule has 5 heteroatoms. The predicted octanol–water partition coefficient (Wildman–Crippen LogP) is 11.3. The van der Waals surface area contributed by atoms with E-state index < -0.39 is 6.85 Å². The number of furan rings is 1. The van der Waals surface area contributed by atoms with Crippen molar-refractivity contribution in [2.75, 3.05) is 0 Å². The van der Waals surface area contributed by atoms with Crippen molar-refractivity contribution in [3.63, 3.8) is 0 Å². The number of hydrogen-bond acceptors (Lipinski definition) is 4. The Morgan fingerprint density at radius 3 is 2.39 bits per heavy atom. The van der Waals surface area contributed by atoms with Crippen LogP contribution in [-0.4, -0.2) is 15.0 Å². The maximum Gasteiger partial charge on any atom is 0.216 e. The zero-order valence-electron chi connectivity index (χ0n) is 31.1. The summed E-state index contributed by atoms with van der Waals surface area (Å²) in [5, 5.41) is 1.65. The molecule has 0 N–H and O–H groups in total. The van der Waals surface area contributed by atoms with E-state index in [4.69, 9.17) is 8.53 Å². The topological polar surface area (TPSA) is 51.8 Å². The summed E-state index contributed by atoms with van der Waals surface area (Å²) in [5.41, 5.74) is 12.2. The van der Waals surface area contributed by atoms with Crippen molar-refractivity contribution < 1.29 is 28.6 Å². The van der Waals surface area contributed by atoms with Gasteiger partial charge in [0.15, 0.2) is 0 Å². The molecule has 4 nitrogen and oxygen atoms in total. The molecule has 249 valence electrons. The summed E-state index contributed by atoms with van der Waals surface area (Å²) >= 11 is 0. The molecule has 4 heterocycles. The fourth-order valence-corrected chi connectivity index (χ4v) is 6.55. The molecule has 4 aromatic heterocycles. The number of fused-ring (bicyclic) bond motifs is 3. The van der Waals surface area contributed by atoms with E-state index in [0.29, 0.717) is 17.2 Å². The minimum Gasteiger partial charge on any atom is -0.486 e. The Hall–Kier alpha value is -4.44. The molecule has 1 aliphatic carbocycles. The van der Waals surface area contributed by atoms with Gasteiger partial charge in [0.1, 0.15) is 0 Å². The standard InChI is InChI=1S/C30H27N2O.C14H14N.Ir/c1-20-10-15-26-25-8-5-9-27(29(25)33-30(26)32-20)28-19-22(16-17-31-28)18-21-11-13-24(14-12-21)23-6-3-2-4-7-23;1-10-4-6-13(7-5-10)14-8-11(2)12(3)9-15-14;/h5,8,10-17,19,23H,2-4,6-7,18H2,1H3;4-6,8-9H,1-3H3;/q2*-1;/i1D3;;. The van der Waals surface area contributed by atoms with Crippen LogP contribution in [0.25, 0.3) is 44.6 Å². The predicted molar refractivity (Wildman–Crippen MR) is 196 cm³/mol. The van der Waals surface area contributed by atoms with Gasteiger partial charge in [-0.3, -0.25) is 0 Å². The molecule has 8 rings (SSSR count). The summed E-state index contributed by atoms with van der Waals surface area (Å²) in [6.07, 6.45) is 11.2. The molecule has 0 aliphatic heterocycles. The van der Waals surface area contributed by atoms with Crippen LogP contribution >= 0.6 is 0 Å². The van der Waals surface area contributed by atoms with Gasteiger partial charge in [0.2, 0.25) is 5.71 Å². The maximum atomic E-state index is 7.65. The van der Waals surface area contributed by atoms with Crippen molar-refractivity contribution in [3.05, 3.63) is 149 Å². The molecule has 49 heavy (non-hydrogen) atoms. The fraction of sp³-hybridized carbons (Fsp3) is 0.250. The summed E-state index contributed by atoms with van der Waals surface area (Å²) in [6, 6.07) is 35.1. The summed E-state index contributed by atoms with van der Waals surface area (Å²) in [4.78, 5) is 13.3. The molecule has 0 unspecified atom stereocenters. The molecule has 0 atom stereocenters. The Balaban J connectivity index is 0.000000244. The van der Waals surface area contributed by atoms with E-state index in [2.05, 4.69) is 96.4 Å². The number of hydrogen-bond donors (Lipinski definition) is 0. The van der Waals surface area contributed by atoms with Crippen LogP contribution in [0.2, 0.25) is 0 Å². The third-order valence-corrected chi connectivity index (χ3v) is 9.46. The Morgan fingerprint density at radius 2 is 1.63 bits per heavy atom. The third kappa shape index (κ3) is 7.90. The molecule has 0 amide bonds. The zero-order valence-corrected chi connectivity index (χ0v) is 30.5. The van der Waals surface area contributed by atoms with Crippen molar-refractivity contribution in [1.29, 1.82) is 0 Å². The van der Waals surface area contributed by atoms with Gasteiger partial charge in [0, 0.05) is 47.7 Å². The molecule has 0 spiro atoms. The summed E-state index contributed by atoms with van der Waals surface area (Å²) in [5.74, 6) is 0.713. The summed E-state index contributed by atoms with van der Waals surface area (Å²) < 4.78 is 29.0. The Labute approximate surface area is 307 Å². The SMILES string of the molecule is Cc1c[c-]c(-c2cc(C)c(C)cn2)cc1.[2H]C([2H])([2H])c1ccc2c(n1)oc1c(-c3cc(Cc4ccc(C5CCCCC5)cc4)ccn3)[c-]ccc12.[Ir]. The molecule has 0 bridgehead atoms. The Morgan fingerprint density at radius 1 is 0.796 bits per heavy atom. The first-order valence-corrected chi connectivity index (χ1v) is 16.8. The number of pyridine rings is 3. The summed E-state index contributed by atoms with van der Waals surface area (Å²) in [6.45, 7) is 3.96. The van der Waals surface area contributed by atoms with Gasteiger partial charge < -0.3 is 14.4 Å². The quantitative estimate of drug-likeness (QED) is 0.162. The van der Waals surface area contributed by atoms with E-state index in [1.54, 1.807) is 12.1 Å². The molecule has 3 aromatic carbocycles. The van der Waals surface area contributed by atoms with Crippen LogP contribution < -0.4 is 0 Å². The summed E-state index contributed by atoms with van der Waals surface area (Å²) in [7, 11) is 0. The first-order chi connectivity index (χ1) is 24.6. The average molecular weight is 823 g/mol. The first-order valence-electron chi connectivity index (χ1n) is 18.3. The van der Waals surface area contributed by atoms with Crippen LogP contribution in [0, 0.1) is 39.8 Å². The van der Waals surface area contributed by atoms with Crippen LogP contribution in [0.1, 0.15) is 81.2 Å². The van der Waals surface area contributed by atoms with E-state index in [0.717, 1.165) is 45.3 Å². The molecule has 1 aliphatic rings. The molecule has 1 radical (unpaired) electrons. The number of aryl methyl sites for hydroxylation is 4. The van der Waals surface area contributed by atoms with E-state index in [9.17, 15) is 0 Å². The third-order valence-electron chi connectivity index (χ3n) is 9.46. The van der Waals surface area contributed by atoms with Gasteiger partial charge in [0.05, 0.1) is 5.58 Å². The minimum absolute atomic E-state index is 0. The number of benzene rings is 3. The van der Waals surface area contributed by atoms with Crippen molar-refractivity contribution >= 4 is 22.1 Å². The van der Waals surface area contributed by atoms with Gasteiger partial charge in [-0.1, -0.05) is 79.1 Å². The van der Waals surface area contributed by atoms with Crippen LogP contribution in [0.4, 0.5) is 0 Å². The van der Waals surface area contributed by atoms with Crippen LogP contribution in [0.3, 0.4) is 0 Å². The zero-order chi connectivity index (χ0) is 35.5. The molecular weight excluding hydrogens is 779 g/mol. The normalized spacial score (nSPS) is 14.3. The molecule has 7 aromatic rings. The second-order valence-corrected chi connectivity index (χ2v) is 13.0. The van der Waals surface area contributed by atoms with E-state index in [1.165, 1.54) is 59.9 Å². The van der Waals surface area contributed by atoms with Crippen molar-refractivity contribution in [3.8, 4) is 22.5 Å². The number of rotatable bonds is 5. The smallest absolute Gasteiger partial charge is 0.216 e. The van der Waals surface area contributed by atoms with Gasteiger partial charge in [0.25, 0.3) is 0 Å². The Kier molecular flexibility index (Phi) is 9.62. The van der Waals surface area contributed by atoms with Crippen molar-refractivity contribution in [2.24, 2.45) is 0 Å². The van der Waals surface area contributed by atoms with Gasteiger partial charge in [-0.2, -0.15) is 0 Å². The van der Waals surface area contributed by atoms with Gasteiger partial charge in [-0.25, -0.2) is 4.98 Å². The molecule has 1 saturated carbocycles. The van der Waals surface area contributed by atoms with Gasteiger partial charge in [-0.05, 0) is 97.7 Å². The monoisotopic (exact) mass is 823 g/mol. The Bertz CT molecular complexity index is 2290. The molecule has 1 fully saturated rings. The molecular formula is C44H41IrN3O-2. The number of nitrogens with zero attached hydrogens (tertiary/aromatic N) is 3. The van der Waals surface area contributed by atoms with Crippen LogP contribution in [0.5, 0.6) is 0 Å². The maximum absolute atomic E-state index is 7.65. The number of aromatic nitrogens is 3. The van der Waals surface area contributed by atoms with E-state index in [1.807, 2.05) is 36.7 Å². The first kappa shape index (κ1) is 30.6. The van der Waals surface area contributed by atoms with Crippen molar-refractivity contribution in [2.45, 2.75) is 72.1 Å². The second-order valence-electron chi connectivity index (χ2n) is 13.0. The van der Waals surface area contributed by atoms with Crippen LogP contribution in [0.15, 0.2) is 102 Å². The van der Waals surface area contributed by atoms with Gasteiger partial charge in [-0.15, -0.1) is 53.6 Å². The average Bonchev–Trinajstić information content (AvgIpc) is 3.52. The largest absolute Gasteiger partial charge is 0.486 e.